The molecule has 0 spiro atoms. The van der Waals surface area contributed by atoms with Gasteiger partial charge in [-0.05, 0) is 11.6 Å². The molecule has 0 aliphatic rings. The van der Waals surface area contributed by atoms with Gasteiger partial charge in [0.15, 0.2) is 5.16 Å². The number of hydrogen-bond donors (Lipinski definition) is 2. The van der Waals surface area contributed by atoms with E-state index in [1.54, 1.807) is 6.20 Å². The van der Waals surface area contributed by atoms with Crippen molar-refractivity contribution in [1.82, 2.24) is 15.0 Å². The summed E-state index contributed by atoms with van der Waals surface area (Å²) < 4.78 is 0. The van der Waals surface area contributed by atoms with Crippen molar-refractivity contribution in [3.8, 4) is 0 Å². The largest absolute Gasteiger partial charge is 0.383 e. The number of anilines is 1. The third-order valence-corrected chi connectivity index (χ3v) is 3.74. The molecule has 0 fully saturated rings. The maximum absolute atomic E-state index is 11.3. The van der Waals surface area contributed by atoms with E-state index in [4.69, 9.17) is 5.73 Å². The molecule has 20 heavy (non-hydrogen) atoms. The lowest BCUT2D eigenvalue weighted by molar-refractivity contribution is 0.945. The SMILES string of the molecule is Nc1cc(=O)[nH]c(SCc2cccc3cccnc23)n1. The fraction of sp³-hybridized carbons (Fsp3) is 0.0714. The standard InChI is InChI=1S/C14H12N4OS/c15-11-7-12(19)18-14(17-11)20-8-10-4-1-3-9-5-2-6-16-13(9)10/h1-7H,8H2,(H3,15,17,18,19). The molecule has 0 aliphatic carbocycles. The summed E-state index contributed by atoms with van der Waals surface area (Å²) in [5.74, 6) is 0.896. The van der Waals surface area contributed by atoms with Crippen molar-refractivity contribution in [1.29, 1.82) is 0 Å². The number of nitrogens with two attached hydrogens (primary N) is 1. The average molecular weight is 284 g/mol. The van der Waals surface area contributed by atoms with Gasteiger partial charge in [0, 0.05) is 23.4 Å². The number of nitrogen functional groups attached to an aromatic ring is 1. The zero-order valence-electron chi connectivity index (χ0n) is 10.5. The second-order valence-corrected chi connectivity index (χ2v) is 5.22. The van der Waals surface area contributed by atoms with Gasteiger partial charge in [-0.3, -0.25) is 9.78 Å². The average Bonchev–Trinajstić information content (AvgIpc) is 2.44. The Labute approximate surface area is 119 Å². The summed E-state index contributed by atoms with van der Waals surface area (Å²) in [7, 11) is 0. The second kappa shape index (κ2) is 5.34. The maximum Gasteiger partial charge on any atom is 0.253 e. The lowest BCUT2D eigenvalue weighted by Crippen LogP contribution is -2.09. The molecule has 3 rings (SSSR count). The summed E-state index contributed by atoms with van der Waals surface area (Å²) in [6.45, 7) is 0. The Morgan fingerprint density at radius 1 is 1.25 bits per heavy atom. The molecule has 2 aromatic heterocycles. The number of thioether (sulfide) groups is 1. The Kier molecular flexibility index (Phi) is 3.39. The first-order chi connectivity index (χ1) is 9.72. The van der Waals surface area contributed by atoms with Crippen LogP contribution in [0, 0.1) is 0 Å². The van der Waals surface area contributed by atoms with E-state index < -0.39 is 0 Å². The molecule has 2 heterocycles. The van der Waals surface area contributed by atoms with Gasteiger partial charge in [0.25, 0.3) is 5.56 Å². The van der Waals surface area contributed by atoms with Crippen LogP contribution in [0.15, 0.2) is 52.5 Å². The Balaban J connectivity index is 1.88. The molecule has 5 nitrogen and oxygen atoms in total. The molecular weight excluding hydrogens is 272 g/mol. The number of nitrogens with one attached hydrogen (secondary N) is 1. The van der Waals surface area contributed by atoms with Crippen LogP contribution in [0.3, 0.4) is 0 Å². The predicted octanol–water partition coefficient (Wildman–Crippen LogP) is 2.19. The Hall–Kier alpha value is -2.34. The highest BCUT2D eigenvalue weighted by Gasteiger charge is 2.04. The van der Waals surface area contributed by atoms with Crippen LogP contribution in [0.1, 0.15) is 5.56 Å². The van der Waals surface area contributed by atoms with Crippen molar-refractivity contribution in [2.45, 2.75) is 10.9 Å². The third-order valence-electron chi connectivity index (χ3n) is 2.82. The molecule has 0 saturated heterocycles. The minimum Gasteiger partial charge on any atom is -0.383 e. The summed E-state index contributed by atoms with van der Waals surface area (Å²) in [5.41, 5.74) is 7.38. The van der Waals surface area contributed by atoms with Gasteiger partial charge in [-0.1, -0.05) is 36.0 Å². The number of fused-ring (bicyclic) bond motifs is 1. The molecule has 100 valence electrons. The number of aromatic amines is 1. The zero-order chi connectivity index (χ0) is 13.9. The first kappa shape index (κ1) is 12.7. The van der Waals surface area contributed by atoms with E-state index in [1.165, 1.54) is 17.8 Å². The van der Waals surface area contributed by atoms with Gasteiger partial charge in [-0.25, -0.2) is 4.98 Å². The molecular formula is C14H12N4OS. The molecule has 0 unspecified atom stereocenters. The van der Waals surface area contributed by atoms with Gasteiger partial charge in [-0.15, -0.1) is 0 Å². The molecule has 0 amide bonds. The number of benzene rings is 1. The number of H-pyrrole nitrogens is 1. The van der Waals surface area contributed by atoms with Gasteiger partial charge in [0.05, 0.1) is 5.52 Å². The third kappa shape index (κ3) is 2.65. The number of hydrogen-bond acceptors (Lipinski definition) is 5. The van der Waals surface area contributed by atoms with Crippen LogP contribution in [0.4, 0.5) is 5.82 Å². The van der Waals surface area contributed by atoms with E-state index in [9.17, 15) is 4.79 Å². The van der Waals surface area contributed by atoms with Crippen LogP contribution >= 0.6 is 11.8 Å². The molecule has 6 heteroatoms. The smallest absolute Gasteiger partial charge is 0.253 e. The van der Waals surface area contributed by atoms with Gasteiger partial charge in [-0.2, -0.15) is 0 Å². The van der Waals surface area contributed by atoms with Gasteiger partial charge >= 0.3 is 0 Å². The summed E-state index contributed by atoms with van der Waals surface area (Å²) in [4.78, 5) is 22.5. The van der Waals surface area contributed by atoms with Crippen LogP contribution in [-0.4, -0.2) is 15.0 Å². The molecule has 0 atom stereocenters. The number of pyridine rings is 1. The molecule has 3 aromatic rings. The van der Waals surface area contributed by atoms with E-state index in [0.717, 1.165) is 16.5 Å². The van der Waals surface area contributed by atoms with Crippen molar-refractivity contribution in [2.75, 3.05) is 5.73 Å². The maximum atomic E-state index is 11.3. The van der Waals surface area contributed by atoms with Gasteiger partial charge in [0.2, 0.25) is 0 Å². The van der Waals surface area contributed by atoms with E-state index in [1.807, 2.05) is 30.3 Å². The summed E-state index contributed by atoms with van der Waals surface area (Å²) in [6.07, 6.45) is 1.77. The molecule has 3 N–H and O–H groups in total. The predicted molar refractivity (Wildman–Crippen MR) is 80.6 cm³/mol. The zero-order valence-corrected chi connectivity index (χ0v) is 11.4. The minimum absolute atomic E-state index is 0.229. The van der Waals surface area contributed by atoms with Crippen LogP contribution in [0.25, 0.3) is 10.9 Å². The monoisotopic (exact) mass is 284 g/mol. The van der Waals surface area contributed by atoms with Crippen molar-refractivity contribution < 1.29 is 0 Å². The first-order valence-electron chi connectivity index (χ1n) is 6.04. The first-order valence-corrected chi connectivity index (χ1v) is 7.03. The van der Waals surface area contributed by atoms with E-state index >= 15 is 0 Å². The lowest BCUT2D eigenvalue weighted by Gasteiger charge is -2.05. The normalized spacial score (nSPS) is 10.8. The molecule has 1 aromatic carbocycles. The van der Waals surface area contributed by atoms with Gasteiger partial charge in [0.1, 0.15) is 5.82 Å². The fourth-order valence-corrected chi connectivity index (χ4v) is 2.82. The number of para-hydroxylation sites is 1. The van der Waals surface area contributed by atoms with Crippen LogP contribution < -0.4 is 11.3 Å². The highest BCUT2D eigenvalue weighted by atomic mass is 32.2. The van der Waals surface area contributed by atoms with E-state index in [2.05, 4.69) is 15.0 Å². The Morgan fingerprint density at radius 3 is 2.95 bits per heavy atom. The van der Waals surface area contributed by atoms with Crippen molar-refractivity contribution in [2.24, 2.45) is 0 Å². The van der Waals surface area contributed by atoms with Gasteiger partial charge < -0.3 is 10.7 Å². The lowest BCUT2D eigenvalue weighted by atomic mass is 10.1. The molecule has 0 saturated carbocycles. The molecule has 0 aliphatic heterocycles. The summed E-state index contributed by atoms with van der Waals surface area (Å²) >= 11 is 1.43. The van der Waals surface area contributed by atoms with Crippen LogP contribution in [0.5, 0.6) is 0 Å². The summed E-state index contributed by atoms with van der Waals surface area (Å²) in [6, 6.07) is 11.2. The van der Waals surface area contributed by atoms with E-state index in [0.29, 0.717) is 10.9 Å². The number of nitrogens with zero attached hydrogens (tertiary/aromatic N) is 2. The van der Waals surface area contributed by atoms with Crippen molar-refractivity contribution in [3.05, 3.63) is 58.5 Å². The Bertz CT molecular complexity index is 810. The van der Waals surface area contributed by atoms with Crippen LogP contribution in [-0.2, 0) is 5.75 Å². The second-order valence-electron chi connectivity index (χ2n) is 4.26. The number of aromatic nitrogens is 3. The highest BCUT2D eigenvalue weighted by Crippen LogP contribution is 2.23. The fourth-order valence-electron chi connectivity index (χ4n) is 1.95. The van der Waals surface area contributed by atoms with Crippen molar-refractivity contribution >= 4 is 28.5 Å². The summed E-state index contributed by atoms with van der Waals surface area (Å²) in [5, 5.41) is 1.61. The quantitative estimate of drug-likeness (QED) is 0.569. The number of rotatable bonds is 3. The molecule has 0 radical (unpaired) electrons. The molecule has 0 bridgehead atoms. The van der Waals surface area contributed by atoms with Crippen molar-refractivity contribution in [3.63, 3.8) is 0 Å². The highest BCUT2D eigenvalue weighted by molar-refractivity contribution is 7.98. The van der Waals surface area contributed by atoms with E-state index in [-0.39, 0.29) is 11.4 Å². The topological polar surface area (TPSA) is 84.7 Å². The Morgan fingerprint density at radius 2 is 2.10 bits per heavy atom. The van der Waals surface area contributed by atoms with Crippen LogP contribution in [0.2, 0.25) is 0 Å². The minimum atomic E-state index is -0.240.